The highest BCUT2D eigenvalue weighted by molar-refractivity contribution is 9.10. The SMILES string of the molecule is CC(C)Oc1cccc(NC(=O)/C(C#N)=C\c2ccc(OCc3ccc(Br)cc3)cc2)c1. The highest BCUT2D eigenvalue weighted by atomic mass is 79.9. The van der Waals surface area contributed by atoms with Crippen molar-refractivity contribution in [3.63, 3.8) is 0 Å². The number of carbonyl (C=O) groups is 1. The zero-order valence-corrected chi connectivity index (χ0v) is 19.4. The van der Waals surface area contributed by atoms with E-state index in [0.717, 1.165) is 15.6 Å². The highest BCUT2D eigenvalue weighted by Gasteiger charge is 2.10. The Bertz CT molecular complexity index is 1130. The molecule has 0 atom stereocenters. The smallest absolute Gasteiger partial charge is 0.266 e. The fraction of sp³-hybridized carbons (Fsp3) is 0.154. The molecule has 6 heteroatoms. The van der Waals surface area contributed by atoms with Gasteiger partial charge in [-0.05, 0) is 67.4 Å². The normalized spacial score (nSPS) is 11.0. The number of hydrogen-bond donors (Lipinski definition) is 1. The van der Waals surface area contributed by atoms with Crippen molar-refractivity contribution in [2.75, 3.05) is 5.32 Å². The zero-order valence-electron chi connectivity index (χ0n) is 17.8. The van der Waals surface area contributed by atoms with E-state index in [1.54, 1.807) is 36.4 Å². The summed E-state index contributed by atoms with van der Waals surface area (Å²) in [7, 11) is 0. The van der Waals surface area contributed by atoms with Crippen LogP contribution in [0.15, 0.2) is 82.8 Å². The number of rotatable bonds is 8. The van der Waals surface area contributed by atoms with Crippen molar-refractivity contribution in [1.29, 1.82) is 5.26 Å². The quantitative estimate of drug-likeness (QED) is 0.294. The molecule has 0 saturated carbocycles. The summed E-state index contributed by atoms with van der Waals surface area (Å²) in [4.78, 5) is 12.6. The maximum Gasteiger partial charge on any atom is 0.266 e. The van der Waals surface area contributed by atoms with E-state index in [0.29, 0.717) is 23.8 Å². The fourth-order valence-electron chi connectivity index (χ4n) is 2.84. The van der Waals surface area contributed by atoms with Crippen molar-refractivity contribution in [3.05, 3.63) is 94.0 Å². The van der Waals surface area contributed by atoms with Gasteiger partial charge >= 0.3 is 0 Å². The molecule has 0 aliphatic carbocycles. The molecule has 0 radical (unpaired) electrons. The standard InChI is InChI=1S/C26H23BrN2O3/c1-18(2)32-25-5-3-4-23(15-25)29-26(30)21(16-28)14-19-8-12-24(13-9-19)31-17-20-6-10-22(27)11-7-20/h3-15,18H,17H2,1-2H3,(H,29,30)/b21-14-. The average Bonchev–Trinajstić information content (AvgIpc) is 2.77. The Morgan fingerprint density at radius 1 is 1.06 bits per heavy atom. The third kappa shape index (κ3) is 7.00. The molecule has 0 spiro atoms. The van der Waals surface area contributed by atoms with Gasteiger partial charge in [0.2, 0.25) is 0 Å². The van der Waals surface area contributed by atoms with Crippen LogP contribution in [-0.4, -0.2) is 12.0 Å². The summed E-state index contributed by atoms with van der Waals surface area (Å²) >= 11 is 3.41. The predicted octanol–water partition coefficient (Wildman–Crippen LogP) is 6.36. The molecule has 0 aliphatic rings. The summed E-state index contributed by atoms with van der Waals surface area (Å²) in [5, 5.41) is 12.2. The number of amides is 1. The van der Waals surface area contributed by atoms with Gasteiger partial charge in [0.25, 0.3) is 5.91 Å². The van der Waals surface area contributed by atoms with E-state index in [9.17, 15) is 10.1 Å². The van der Waals surface area contributed by atoms with Crippen LogP contribution in [0.4, 0.5) is 5.69 Å². The molecule has 0 saturated heterocycles. The maximum atomic E-state index is 12.6. The summed E-state index contributed by atoms with van der Waals surface area (Å²) in [6, 6.07) is 24.2. The Labute approximate surface area is 196 Å². The highest BCUT2D eigenvalue weighted by Crippen LogP contribution is 2.20. The lowest BCUT2D eigenvalue weighted by Gasteiger charge is -2.11. The maximum absolute atomic E-state index is 12.6. The number of anilines is 1. The van der Waals surface area contributed by atoms with Gasteiger partial charge in [-0.25, -0.2) is 0 Å². The molecule has 3 aromatic rings. The number of carbonyl (C=O) groups excluding carboxylic acids is 1. The van der Waals surface area contributed by atoms with Gasteiger partial charge < -0.3 is 14.8 Å². The summed E-state index contributed by atoms with van der Waals surface area (Å²) in [5.41, 5.74) is 2.35. The molecular formula is C26H23BrN2O3. The van der Waals surface area contributed by atoms with Gasteiger partial charge in [0.05, 0.1) is 6.10 Å². The van der Waals surface area contributed by atoms with Crippen molar-refractivity contribution in [2.24, 2.45) is 0 Å². The Hall–Kier alpha value is -3.56. The second kappa shape index (κ2) is 11.2. The second-order valence-corrected chi connectivity index (χ2v) is 8.22. The first-order chi connectivity index (χ1) is 15.4. The third-order valence-electron chi connectivity index (χ3n) is 4.34. The van der Waals surface area contributed by atoms with Gasteiger partial charge in [-0.2, -0.15) is 5.26 Å². The first kappa shape index (κ1) is 23.1. The molecule has 32 heavy (non-hydrogen) atoms. The van der Waals surface area contributed by atoms with Gasteiger partial charge in [0, 0.05) is 16.2 Å². The number of halogens is 1. The summed E-state index contributed by atoms with van der Waals surface area (Å²) < 4.78 is 12.4. The molecule has 0 fully saturated rings. The van der Waals surface area contributed by atoms with Crippen LogP contribution in [0.3, 0.4) is 0 Å². The molecule has 0 aliphatic heterocycles. The van der Waals surface area contributed by atoms with Crippen LogP contribution in [0.25, 0.3) is 6.08 Å². The average molecular weight is 491 g/mol. The Balaban J connectivity index is 1.63. The van der Waals surface area contributed by atoms with Crippen LogP contribution in [0.5, 0.6) is 11.5 Å². The molecule has 1 N–H and O–H groups in total. The number of benzene rings is 3. The number of nitriles is 1. The Kier molecular flexibility index (Phi) is 8.07. The zero-order chi connectivity index (χ0) is 22.9. The number of hydrogen-bond acceptors (Lipinski definition) is 4. The van der Waals surface area contributed by atoms with E-state index in [-0.39, 0.29) is 11.7 Å². The summed E-state index contributed by atoms with van der Waals surface area (Å²) in [5.74, 6) is 0.874. The lowest BCUT2D eigenvalue weighted by Crippen LogP contribution is -2.13. The van der Waals surface area contributed by atoms with E-state index in [1.165, 1.54) is 0 Å². The van der Waals surface area contributed by atoms with Crippen molar-refractivity contribution < 1.29 is 14.3 Å². The van der Waals surface area contributed by atoms with Crippen molar-refractivity contribution in [1.82, 2.24) is 0 Å². The minimum Gasteiger partial charge on any atom is -0.491 e. The molecule has 0 unspecified atom stereocenters. The van der Waals surface area contributed by atoms with Crippen molar-refractivity contribution in [2.45, 2.75) is 26.6 Å². The molecular weight excluding hydrogens is 468 g/mol. The van der Waals surface area contributed by atoms with Crippen LogP contribution in [-0.2, 0) is 11.4 Å². The minimum absolute atomic E-state index is 0.00344. The van der Waals surface area contributed by atoms with Gasteiger partial charge in [0.15, 0.2) is 0 Å². The van der Waals surface area contributed by atoms with Crippen LogP contribution in [0.2, 0.25) is 0 Å². The predicted molar refractivity (Wildman–Crippen MR) is 129 cm³/mol. The molecule has 3 aromatic carbocycles. The second-order valence-electron chi connectivity index (χ2n) is 7.30. The van der Waals surface area contributed by atoms with E-state index in [2.05, 4.69) is 21.2 Å². The summed E-state index contributed by atoms with van der Waals surface area (Å²) in [6.45, 7) is 4.31. The number of ether oxygens (including phenoxy) is 2. The van der Waals surface area contributed by atoms with Crippen LogP contribution >= 0.6 is 15.9 Å². The Morgan fingerprint density at radius 3 is 2.44 bits per heavy atom. The van der Waals surface area contributed by atoms with Gasteiger partial charge in [-0.15, -0.1) is 0 Å². The lowest BCUT2D eigenvalue weighted by molar-refractivity contribution is -0.112. The van der Waals surface area contributed by atoms with Crippen molar-refractivity contribution in [3.8, 4) is 17.6 Å². The molecule has 1 amide bonds. The number of nitrogens with zero attached hydrogens (tertiary/aromatic N) is 1. The molecule has 0 heterocycles. The van der Waals surface area contributed by atoms with E-state index in [1.807, 2.05) is 62.4 Å². The van der Waals surface area contributed by atoms with Gasteiger partial charge in [-0.1, -0.05) is 46.3 Å². The van der Waals surface area contributed by atoms with E-state index in [4.69, 9.17) is 9.47 Å². The lowest BCUT2D eigenvalue weighted by atomic mass is 10.1. The van der Waals surface area contributed by atoms with Crippen LogP contribution in [0, 0.1) is 11.3 Å². The van der Waals surface area contributed by atoms with E-state index >= 15 is 0 Å². The molecule has 162 valence electrons. The Morgan fingerprint density at radius 2 is 1.78 bits per heavy atom. The van der Waals surface area contributed by atoms with E-state index < -0.39 is 5.91 Å². The van der Waals surface area contributed by atoms with Crippen molar-refractivity contribution >= 4 is 33.6 Å². The monoisotopic (exact) mass is 490 g/mol. The fourth-order valence-corrected chi connectivity index (χ4v) is 3.10. The topological polar surface area (TPSA) is 71.3 Å². The largest absolute Gasteiger partial charge is 0.491 e. The molecule has 3 rings (SSSR count). The van der Waals surface area contributed by atoms with Gasteiger partial charge in [-0.3, -0.25) is 4.79 Å². The molecule has 5 nitrogen and oxygen atoms in total. The third-order valence-corrected chi connectivity index (χ3v) is 4.87. The first-order valence-corrected chi connectivity index (χ1v) is 10.9. The number of nitrogens with one attached hydrogen (secondary N) is 1. The molecule has 0 aromatic heterocycles. The first-order valence-electron chi connectivity index (χ1n) is 10.1. The van der Waals surface area contributed by atoms with Crippen LogP contribution < -0.4 is 14.8 Å². The summed E-state index contributed by atoms with van der Waals surface area (Å²) in [6.07, 6.45) is 1.57. The van der Waals surface area contributed by atoms with Crippen LogP contribution in [0.1, 0.15) is 25.0 Å². The molecule has 0 bridgehead atoms. The van der Waals surface area contributed by atoms with Gasteiger partial charge in [0.1, 0.15) is 29.7 Å². The minimum atomic E-state index is -0.482.